The molecular weight excluding hydrogens is 306 g/mol. The Labute approximate surface area is 139 Å². The Morgan fingerprint density at radius 1 is 1.25 bits per heavy atom. The highest BCUT2D eigenvalue weighted by Gasteiger charge is 2.26. The zero-order chi connectivity index (χ0) is 16.7. The number of aryl methyl sites for hydroxylation is 2. The highest BCUT2D eigenvalue weighted by atomic mass is 16.5. The molecule has 0 saturated heterocycles. The number of ether oxygens (including phenoxy) is 1. The van der Waals surface area contributed by atoms with E-state index in [0.717, 1.165) is 25.0 Å². The van der Waals surface area contributed by atoms with Crippen molar-refractivity contribution in [2.45, 2.75) is 25.7 Å². The number of hydrogen-bond acceptors (Lipinski definition) is 4. The van der Waals surface area contributed by atoms with Gasteiger partial charge in [-0.3, -0.25) is 4.79 Å². The van der Waals surface area contributed by atoms with E-state index in [1.54, 1.807) is 24.3 Å². The number of hydrogen-bond donors (Lipinski definition) is 1. The Balaban J connectivity index is 1.75. The minimum absolute atomic E-state index is 0.193. The molecule has 122 valence electrons. The SMILES string of the molecule is COC(=O)c1ccc2c(c1)C(=Cc1cc3c(o1)CCCC3)C(=O)N2. The van der Waals surface area contributed by atoms with Crippen LogP contribution in [0.25, 0.3) is 11.6 Å². The van der Waals surface area contributed by atoms with Gasteiger partial charge in [-0.1, -0.05) is 0 Å². The van der Waals surface area contributed by atoms with Gasteiger partial charge >= 0.3 is 5.97 Å². The molecule has 0 fully saturated rings. The molecule has 0 unspecified atom stereocenters. The molecule has 0 bridgehead atoms. The number of carbonyl (C=O) groups excluding carboxylic acids is 2. The van der Waals surface area contributed by atoms with Gasteiger partial charge in [-0.15, -0.1) is 0 Å². The van der Waals surface area contributed by atoms with Crippen molar-refractivity contribution in [1.29, 1.82) is 0 Å². The van der Waals surface area contributed by atoms with Crippen LogP contribution in [0.5, 0.6) is 0 Å². The second-order valence-electron chi connectivity index (χ2n) is 6.07. The first-order chi connectivity index (χ1) is 11.7. The topological polar surface area (TPSA) is 68.5 Å². The Hall–Kier alpha value is -2.82. The monoisotopic (exact) mass is 323 g/mol. The Morgan fingerprint density at radius 3 is 2.88 bits per heavy atom. The Kier molecular flexibility index (Phi) is 3.49. The van der Waals surface area contributed by atoms with Gasteiger partial charge < -0.3 is 14.5 Å². The van der Waals surface area contributed by atoms with Crippen LogP contribution in [-0.4, -0.2) is 19.0 Å². The molecule has 24 heavy (non-hydrogen) atoms. The molecule has 5 heteroatoms. The molecule has 1 aliphatic heterocycles. The molecule has 2 aromatic rings. The molecule has 4 rings (SSSR count). The summed E-state index contributed by atoms with van der Waals surface area (Å²) in [4.78, 5) is 24.0. The van der Waals surface area contributed by atoms with Gasteiger partial charge in [0.15, 0.2) is 0 Å². The molecule has 5 nitrogen and oxygen atoms in total. The van der Waals surface area contributed by atoms with Crippen molar-refractivity contribution < 1.29 is 18.7 Å². The van der Waals surface area contributed by atoms with E-state index in [4.69, 9.17) is 9.15 Å². The summed E-state index contributed by atoms with van der Waals surface area (Å²) in [5.74, 6) is 1.09. The number of nitrogens with one attached hydrogen (secondary N) is 1. The lowest BCUT2D eigenvalue weighted by Gasteiger charge is -2.07. The van der Waals surface area contributed by atoms with Crippen LogP contribution in [0.2, 0.25) is 0 Å². The first kappa shape index (κ1) is 14.8. The van der Waals surface area contributed by atoms with E-state index < -0.39 is 5.97 Å². The van der Waals surface area contributed by atoms with Gasteiger partial charge in [-0.25, -0.2) is 4.79 Å². The van der Waals surface area contributed by atoms with Gasteiger partial charge in [-0.2, -0.15) is 0 Å². The average Bonchev–Trinajstić information content (AvgIpc) is 3.14. The fraction of sp³-hybridized carbons (Fsp3) is 0.263. The predicted molar refractivity (Wildman–Crippen MR) is 89.6 cm³/mol. The van der Waals surface area contributed by atoms with E-state index >= 15 is 0 Å². The summed E-state index contributed by atoms with van der Waals surface area (Å²) in [6, 6.07) is 7.04. The zero-order valence-corrected chi connectivity index (χ0v) is 13.3. The fourth-order valence-electron chi connectivity index (χ4n) is 3.30. The molecule has 0 radical (unpaired) electrons. The van der Waals surface area contributed by atoms with Gasteiger partial charge in [-0.05, 0) is 55.2 Å². The summed E-state index contributed by atoms with van der Waals surface area (Å²) in [5, 5.41) is 2.81. The smallest absolute Gasteiger partial charge is 0.337 e. The lowest BCUT2D eigenvalue weighted by molar-refractivity contribution is -0.110. The number of furan rings is 1. The van der Waals surface area contributed by atoms with Crippen LogP contribution in [0, 0.1) is 0 Å². The second-order valence-corrected chi connectivity index (χ2v) is 6.07. The fourth-order valence-corrected chi connectivity index (χ4v) is 3.30. The summed E-state index contributed by atoms with van der Waals surface area (Å²) in [7, 11) is 1.34. The molecule has 1 aliphatic carbocycles. The minimum atomic E-state index is -0.426. The maximum absolute atomic E-state index is 12.3. The number of methoxy groups -OCH3 is 1. The van der Waals surface area contributed by atoms with Gasteiger partial charge in [0.1, 0.15) is 11.5 Å². The van der Waals surface area contributed by atoms with Crippen LogP contribution in [0.4, 0.5) is 5.69 Å². The normalized spacial score (nSPS) is 17.4. The van der Waals surface area contributed by atoms with Crippen LogP contribution in [0.15, 0.2) is 28.7 Å². The van der Waals surface area contributed by atoms with Crippen LogP contribution in [-0.2, 0) is 22.4 Å². The molecule has 1 aromatic heterocycles. The lowest BCUT2D eigenvalue weighted by Crippen LogP contribution is -2.03. The first-order valence-corrected chi connectivity index (χ1v) is 8.03. The second kappa shape index (κ2) is 5.67. The van der Waals surface area contributed by atoms with E-state index in [2.05, 4.69) is 5.32 Å². The summed E-state index contributed by atoms with van der Waals surface area (Å²) in [6.45, 7) is 0. The summed E-state index contributed by atoms with van der Waals surface area (Å²) >= 11 is 0. The van der Waals surface area contributed by atoms with Gasteiger partial charge in [0.2, 0.25) is 0 Å². The molecule has 2 heterocycles. The number of esters is 1. The third kappa shape index (κ3) is 2.42. The van der Waals surface area contributed by atoms with Gasteiger partial charge in [0, 0.05) is 17.7 Å². The molecule has 0 atom stereocenters. The number of fused-ring (bicyclic) bond motifs is 2. The van der Waals surface area contributed by atoms with Crippen molar-refractivity contribution in [3.05, 3.63) is 52.5 Å². The Morgan fingerprint density at radius 2 is 2.08 bits per heavy atom. The average molecular weight is 323 g/mol. The molecule has 2 aliphatic rings. The van der Waals surface area contributed by atoms with Crippen LogP contribution < -0.4 is 5.32 Å². The molecule has 1 amide bonds. The third-order valence-corrected chi connectivity index (χ3v) is 4.53. The summed E-state index contributed by atoms with van der Waals surface area (Å²) in [5.41, 5.74) is 3.53. The van der Waals surface area contributed by atoms with Crippen LogP contribution in [0.1, 0.15) is 45.8 Å². The van der Waals surface area contributed by atoms with Crippen molar-refractivity contribution in [3.8, 4) is 0 Å². The molecule has 1 N–H and O–H groups in total. The van der Waals surface area contributed by atoms with E-state index in [0.29, 0.717) is 28.1 Å². The number of benzene rings is 1. The highest BCUT2D eigenvalue weighted by Crippen LogP contribution is 2.35. The first-order valence-electron chi connectivity index (χ1n) is 8.03. The summed E-state index contributed by atoms with van der Waals surface area (Å²) < 4.78 is 10.6. The van der Waals surface area contributed by atoms with Crippen molar-refractivity contribution in [2.75, 3.05) is 12.4 Å². The maximum Gasteiger partial charge on any atom is 0.337 e. The highest BCUT2D eigenvalue weighted by molar-refractivity contribution is 6.35. The minimum Gasteiger partial charge on any atom is -0.465 e. The van der Waals surface area contributed by atoms with Crippen LogP contribution >= 0.6 is 0 Å². The molecule has 1 aromatic carbocycles. The number of anilines is 1. The predicted octanol–water partition coefficient (Wildman–Crippen LogP) is 3.44. The largest absolute Gasteiger partial charge is 0.465 e. The van der Waals surface area contributed by atoms with Crippen molar-refractivity contribution in [3.63, 3.8) is 0 Å². The number of carbonyl (C=O) groups is 2. The molecular formula is C19H17NO4. The van der Waals surface area contributed by atoms with Gasteiger partial charge in [0.25, 0.3) is 5.91 Å². The van der Waals surface area contributed by atoms with E-state index in [9.17, 15) is 9.59 Å². The van der Waals surface area contributed by atoms with Crippen molar-refractivity contribution >= 4 is 29.2 Å². The van der Waals surface area contributed by atoms with Crippen LogP contribution in [0.3, 0.4) is 0 Å². The maximum atomic E-state index is 12.3. The lowest BCUT2D eigenvalue weighted by atomic mass is 9.98. The molecule has 0 saturated carbocycles. The zero-order valence-electron chi connectivity index (χ0n) is 13.3. The summed E-state index contributed by atoms with van der Waals surface area (Å²) in [6.07, 6.45) is 6.04. The van der Waals surface area contributed by atoms with Crippen molar-refractivity contribution in [1.82, 2.24) is 0 Å². The third-order valence-electron chi connectivity index (χ3n) is 4.53. The standard InChI is InChI=1S/C19H17NO4/c1-23-19(22)12-6-7-16-14(9-12)15(18(21)20-16)10-13-8-11-4-2-3-5-17(11)24-13/h6-10H,2-5H2,1H3,(H,20,21). The molecule has 0 spiro atoms. The van der Waals surface area contributed by atoms with E-state index in [-0.39, 0.29) is 5.91 Å². The quantitative estimate of drug-likeness (QED) is 0.679. The van der Waals surface area contributed by atoms with E-state index in [1.807, 2.05) is 6.07 Å². The Bertz CT molecular complexity index is 852. The van der Waals surface area contributed by atoms with Crippen molar-refractivity contribution in [2.24, 2.45) is 0 Å². The number of amides is 1. The van der Waals surface area contributed by atoms with Gasteiger partial charge in [0.05, 0.1) is 18.2 Å². The van der Waals surface area contributed by atoms with E-state index in [1.165, 1.54) is 19.1 Å². The number of rotatable bonds is 2.